The van der Waals surface area contributed by atoms with Gasteiger partial charge in [-0.05, 0) is 36.4 Å². The Morgan fingerprint density at radius 3 is 2.43 bits per heavy atom. The van der Waals surface area contributed by atoms with Crippen LogP contribution >= 0.6 is 15.9 Å². The normalized spacial score (nSPS) is 9.96. The summed E-state index contributed by atoms with van der Waals surface area (Å²) in [7, 11) is 0. The summed E-state index contributed by atoms with van der Waals surface area (Å²) in [6.07, 6.45) is 0.208. The third kappa shape index (κ3) is 5.99. The standard InChI is InChI=1S/C16H16BrN3O3/c17-11-3-1-6-14(9-11)23-8-7-15(21)19-12-4-2-5-13(10-12)20-16(18)22/h1-6,9-10H,7-8H2,(H,19,21)(H3,18,20,22). The maximum Gasteiger partial charge on any atom is 0.316 e. The van der Waals surface area contributed by atoms with E-state index in [0.717, 1.165) is 4.47 Å². The van der Waals surface area contributed by atoms with Crippen molar-refractivity contribution in [2.75, 3.05) is 17.2 Å². The van der Waals surface area contributed by atoms with E-state index in [1.165, 1.54) is 0 Å². The SMILES string of the molecule is NC(=O)Nc1cccc(NC(=O)CCOc2cccc(Br)c2)c1. The molecule has 0 spiro atoms. The number of carbonyl (C=O) groups excluding carboxylic acids is 2. The number of urea groups is 1. The van der Waals surface area contributed by atoms with E-state index in [4.69, 9.17) is 10.5 Å². The van der Waals surface area contributed by atoms with Gasteiger partial charge >= 0.3 is 6.03 Å². The van der Waals surface area contributed by atoms with E-state index in [1.807, 2.05) is 24.3 Å². The second kappa shape index (κ2) is 8.19. The fraction of sp³-hybridized carbons (Fsp3) is 0.125. The van der Waals surface area contributed by atoms with Crippen LogP contribution < -0.4 is 21.1 Å². The van der Waals surface area contributed by atoms with Crippen LogP contribution in [0.4, 0.5) is 16.2 Å². The smallest absolute Gasteiger partial charge is 0.316 e. The number of nitrogens with two attached hydrogens (primary N) is 1. The minimum absolute atomic E-state index is 0.184. The predicted molar refractivity (Wildman–Crippen MR) is 92.5 cm³/mol. The fourth-order valence-electron chi connectivity index (χ4n) is 1.86. The number of benzene rings is 2. The van der Waals surface area contributed by atoms with Crippen LogP contribution in [0.25, 0.3) is 0 Å². The van der Waals surface area contributed by atoms with Crippen LogP contribution in [0.3, 0.4) is 0 Å². The van der Waals surface area contributed by atoms with Gasteiger partial charge in [0, 0.05) is 15.8 Å². The van der Waals surface area contributed by atoms with E-state index >= 15 is 0 Å². The summed E-state index contributed by atoms with van der Waals surface area (Å²) in [5, 5.41) is 5.18. The molecule has 0 saturated heterocycles. The number of amides is 3. The molecule has 0 fully saturated rings. The van der Waals surface area contributed by atoms with Crippen molar-refractivity contribution in [3.63, 3.8) is 0 Å². The van der Waals surface area contributed by atoms with Crippen molar-refractivity contribution in [3.8, 4) is 5.75 Å². The summed E-state index contributed by atoms with van der Waals surface area (Å²) in [6.45, 7) is 0.265. The van der Waals surface area contributed by atoms with Gasteiger partial charge in [0.15, 0.2) is 0 Å². The molecule has 0 aliphatic rings. The number of primary amides is 1. The topological polar surface area (TPSA) is 93.5 Å². The van der Waals surface area contributed by atoms with Gasteiger partial charge in [-0.2, -0.15) is 0 Å². The zero-order chi connectivity index (χ0) is 16.7. The van der Waals surface area contributed by atoms with Crippen molar-refractivity contribution < 1.29 is 14.3 Å². The van der Waals surface area contributed by atoms with Crippen molar-refractivity contribution in [2.45, 2.75) is 6.42 Å². The van der Waals surface area contributed by atoms with Gasteiger partial charge < -0.3 is 21.1 Å². The lowest BCUT2D eigenvalue weighted by atomic mass is 10.2. The summed E-state index contributed by atoms with van der Waals surface area (Å²) in [4.78, 5) is 22.7. The summed E-state index contributed by atoms with van der Waals surface area (Å²) in [6, 6.07) is 13.5. The van der Waals surface area contributed by atoms with Crippen LogP contribution in [0.5, 0.6) is 5.75 Å². The maximum atomic E-state index is 11.9. The van der Waals surface area contributed by atoms with Crippen LogP contribution in [0, 0.1) is 0 Å². The zero-order valence-corrected chi connectivity index (χ0v) is 13.8. The van der Waals surface area contributed by atoms with E-state index < -0.39 is 6.03 Å². The first kappa shape index (κ1) is 16.8. The molecule has 0 atom stereocenters. The van der Waals surface area contributed by atoms with Gasteiger partial charge in [0.2, 0.25) is 5.91 Å². The van der Waals surface area contributed by atoms with Gasteiger partial charge in [0.1, 0.15) is 5.75 Å². The highest BCUT2D eigenvalue weighted by Gasteiger charge is 2.05. The molecule has 3 amide bonds. The Morgan fingerprint density at radius 2 is 1.74 bits per heavy atom. The lowest BCUT2D eigenvalue weighted by molar-refractivity contribution is -0.116. The number of carbonyl (C=O) groups is 2. The minimum Gasteiger partial charge on any atom is -0.493 e. The van der Waals surface area contributed by atoms with E-state index in [0.29, 0.717) is 17.1 Å². The molecule has 0 aromatic heterocycles. The average molecular weight is 378 g/mol. The molecule has 23 heavy (non-hydrogen) atoms. The number of hydrogen-bond acceptors (Lipinski definition) is 3. The lowest BCUT2D eigenvalue weighted by Crippen LogP contribution is -2.19. The largest absolute Gasteiger partial charge is 0.493 e. The second-order valence-corrected chi connectivity index (χ2v) is 5.59. The second-order valence-electron chi connectivity index (χ2n) is 4.67. The van der Waals surface area contributed by atoms with Crippen LogP contribution in [0.2, 0.25) is 0 Å². The highest BCUT2D eigenvalue weighted by atomic mass is 79.9. The monoisotopic (exact) mass is 377 g/mol. The first-order valence-corrected chi connectivity index (χ1v) is 7.67. The molecule has 0 unspecified atom stereocenters. The highest BCUT2D eigenvalue weighted by molar-refractivity contribution is 9.10. The van der Waals surface area contributed by atoms with Crippen LogP contribution in [-0.4, -0.2) is 18.5 Å². The summed E-state index contributed by atoms with van der Waals surface area (Å²) < 4.78 is 6.42. The number of anilines is 2. The lowest BCUT2D eigenvalue weighted by Gasteiger charge is -2.09. The molecular formula is C16H16BrN3O3. The molecule has 4 N–H and O–H groups in total. The number of rotatable bonds is 6. The van der Waals surface area contributed by atoms with Crippen LogP contribution in [0.1, 0.15) is 6.42 Å². The fourth-order valence-corrected chi connectivity index (χ4v) is 2.24. The molecule has 0 aliphatic heterocycles. The van der Waals surface area contributed by atoms with Gasteiger partial charge in [-0.3, -0.25) is 4.79 Å². The third-order valence-electron chi connectivity index (χ3n) is 2.81. The average Bonchev–Trinajstić information content (AvgIpc) is 2.47. The molecule has 0 saturated carbocycles. The Morgan fingerprint density at radius 1 is 1.04 bits per heavy atom. The summed E-state index contributed by atoms with van der Waals surface area (Å²) in [5.41, 5.74) is 6.14. The van der Waals surface area contributed by atoms with Crippen molar-refractivity contribution in [2.24, 2.45) is 5.73 Å². The molecule has 2 aromatic rings. The molecule has 0 radical (unpaired) electrons. The summed E-state index contributed by atoms with van der Waals surface area (Å²) in [5.74, 6) is 0.510. The molecule has 7 heteroatoms. The predicted octanol–water partition coefficient (Wildman–Crippen LogP) is 3.35. The Kier molecular flexibility index (Phi) is 5.99. The van der Waals surface area contributed by atoms with Crippen LogP contribution in [0.15, 0.2) is 53.0 Å². The molecule has 0 bridgehead atoms. The molecular weight excluding hydrogens is 362 g/mol. The number of hydrogen-bond donors (Lipinski definition) is 3. The molecule has 120 valence electrons. The van der Waals surface area contributed by atoms with Crippen molar-refractivity contribution >= 4 is 39.2 Å². The van der Waals surface area contributed by atoms with Gasteiger partial charge in [0.05, 0.1) is 13.0 Å². The molecule has 6 nitrogen and oxygen atoms in total. The summed E-state index contributed by atoms with van der Waals surface area (Å²) >= 11 is 3.35. The van der Waals surface area contributed by atoms with E-state index in [-0.39, 0.29) is 18.9 Å². The Labute approximate surface area is 142 Å². The Bertz CT molecular complexity index is 706. The van der Waals surface area contributed by atoms with E-state index in [9.17, 15) is 9.59 Å². The van der Waals surface area contributed by atoms with Crippen molar-refractivity contribution in [1.82, 2.24) is 0 Å². The number of halogens is 1. The van der Waals surface area contributed by atoms with Gasteiger partial charge in [0.25, 0.3) is 0 Å². The molecule has 2 rings (SSSR count). The Hall–Kier alpha value is -2.54. The molecule has 0 aliphatic carbocycles. The van der Waals surface area contributed by atoms with Crippen LogP contribution in [-0.2, 0) is 4.79 Å². The number of ether oxygens (including phenoxy) is 1. The van der Waals surface area contributed by atoms with Crippen molar-refractivity contribution in [1.29, 1.82) is 0 Å². The third-order valence-corrected chi connectivity index (χ3v) is 3.30. The van der Waals surface area contributed by atoms with Gasteiger partial charge in [-0.15, -0.1) is 0 Å². The maximum absolute atomic E-state index is 11.9. The first-order valence-electron chi connectivity index (χ1n) is 6.87. The minimum atomic E-state index is -0.657. The van der Waals surface area contributed by atoms with Crippen molar-refractivity contribution in [3.05, 3.63) is 53.0 Å². The van der Waals surface area contributed by atoms with Gasteiger partial charge in [-0.1, -0.05) is 28.1 Å². The molecule has 0 heterocycles. The number of nitrogens with one attached hydrogen (secondary N) is 2. The highest BCUT2D eigenvalue weighted by Crippen LogP contribution is 2.18. The quantitative estimate of drug-likeness (QED) is 0.720. The first-order chi connectivity index (χ1) is 11.0. The van der Waals surface area contributed by atoms with E-state index in [1.54, 1.807) is 24.3 Å². The molecule has 2 aromatic carbocycles. The zero-order valence-electron chi connectivity index (χ0n) is 12.2. The van der Waals surface area contributed by atoms with E-state index in [2.05, 4.69) is 26.6 Å². The Balaban J connectivity index is 1.81. The van der Waals surface area contributed by atoms with Gasteiger partial charge in [-0.25, -0.2) is 4.79 Å².